The Kier molecular flexibility index (Phi) is 5.96. The third-order valence-corrected chi connectivity index (χ3v) is 4.25. The van der Waals surface area contributed by atoms with Gasteiger partial charge in [0.05, 0.1) is 5.92 Å². The highest BCUT2D eigenvalue weighted by atomic mass is 16.4. The minimum absolute atomic E-state index is 0.203. The smallest absolute Gasteiger partial charge is 0.307 e. The number of hydrogen-bond donors (Lipinski definition) is 2. The Hall–Kier alpha value is -0.570. The van der Waals surface area contributed by atoms with Gasteiger partial charge in [0.25, 0.3) is 0 Å². The van der Waals surface area contributed by atoms with Crippen molar-refractivity contribution in [1.82, 2.24) is 0 Å². The first kappa shape index (κ1) is 14.5. The first-order valence-electron chi connectivity index (χ1n) is 6.99. The Balaban J connectivity index is 2.19. The van der Waals surface area contributed by atoms with E-state index in [0.29, 0.717) is 5.92 Å². The van der Waals surface area contributed by atoms with E-state index in [0.717, 1.165) is 12.3 Å². The Morgan fingerprint density at radius 3 is 2.47 bits per heavy atom. The SMILES string of the molecule is CC(C(=O)O)[C@@H](N)C[C@H](C)CCC1CCCC1. The maximum Gasteiger partial charge on any atom is 0.307 e. The molecule has 3 N–H and O–H groups in total. The Labute approximate surface area is 105 Å². The molecular weight excluding hydrogens is 214 g/mol. The zero-order valence-corrected chi connectivity index (χ0v) is 11.2. The van der Waals surface area contributed by atoms with Gasteiger partial charge in [0.1, 0.15) is 0 Å². The van der Waals surface area contributed by atoms with E-state index in [-0.39, 0.29) is 6.04 Å². The zero-order valence-electron chi connectivity index (χ0n) is 11.2. The molecule has 0 heterocycles. The summed E-state index contributed by atoms with van der Waals surface area (Å²) in [5.74, 6) is 0.266. The maximum absolute atomic E-state index is 10.8. The summed E-state index contributed by atoms with van der Waals surface area (Å²) in [6.07, 6.45) is 8.91. The van der Waals surface area contributed by atoms with Crippen LogP contribution in [0.3, 0.4) is 0 Å². The normalized spacial score (nSPS) is 22.3. The molecule has 3 heteroatoms. The van der Waals surface area contributed by atoms with Gasteiger partial charge in [0, 0.05) is 6.04 Å². The van der Waals surface area contributed by atoms with Crippen molar-refractivity contribution in [3.05, 3.63) is 0 Å². The number of hydrogen-bond acceptors (Lipinski definition) is 2. The second-order valence-corrected chi connectivity index (χ2v) is 5.86. The van der Waals surface area contributed by atoms with E-state index in [1.54, 1.807) is 6.92 Å². The quantitative estimate of drug-likeness (QED) is 0.720. The van der Waals surface area contributed by atoms with Gasteiger partial charge in [0.2, 0.25) is 0 Å². The van der Waals surface area contributed by atoms with Gasteiger partial charge < -0.3 is 10.8 Å². The van der Waals surface area contributed by atoms with Crippen LogP contribution in [-0.2, 0) is 4.79 Å². The Morgan fingerprint density at radius 1 is 1.35 bits per heavy atom. The van der Waals surface area contributed by atoms with E-state index in [2.05, 4.69) is 6.92 Å². The fraction of sp³-hybridized carbons (Fsp3) is 0.929. The number of aliphatic carboxylic acids is 1. The minimum atomic E-state index is -0.777. The second-order valence-electron chi connectivity index (χ2n) is 5.86. The summed E-state index contributed by atoms with van der Waals surface area (Å²) in [6, 6.07) is -0.203. The van der Waals surface area contributed by atoms with E-state index < -0.39 is 11.9 Å². The van der Waals surface area contributed by atoms with E-state index >= 15 is 0 Å². The zero-order chi connectivity index (χ0) is 12.8. The van der Waals surface area contributed by atoms with E-state index in [1.165, 1.54) is 38.5 Å². The molecule has 0 aromatic rings. The van der Waals surface area contributed by atoms with Gasteiger partial charge in [-0.05, 0) is 18.3 Å². The average Bonchev–Trinajstić information content (AvgIpc) is 2.77. The van der Waals surface area contributed by atoms with Crippen molar-refractivity contribution < 1.29 is 9.90 Å². The first-order valence-corrected chi connectivity index (χ1v) is 6.99. The highest BCUT2D eigenvalue weighted by Crippen LogP contribution is 2.30. The summed E-state index contributed by atoms with van der Waals surface area (Å²) in [7, 11) is 0. The average molecular weight is 241 g/mol. The van der Waals surface area contributed by atoms with E-state index in [4.69, 9.17) is 10.8 Å². The van der Waals surface area contributed by atoms with Crippen molar-refractivity contribution in [3.8, 4) is 0 Å². The van der Waals surface area contributed by atoms with Crippen LogP contribution in [0.1, 0.15) is 58.8 Å². The molecule has 1 aliphatic carbocycles. The third kappa shape index (κ3) is 5.07. The lowest BCUT2D eigenvalue weighted by molar-refractivity contribution is -0.141. The summed E-state index contributed by atoms with van der Waals surface area (Å²) < 4.78 is 0. The molecule has 0 amide bonds. The van der Waals surface area contributed by atoms with Gasteiger partial charge in [-0.2, -0.15) is 0 Å². The molecule has 3 nitrogen and oxygen atoms in total. The van der Waals surface area contributed by atoms with E-state index in [9.17, 15) is 4.79 Å². The van der Waals surface area contributed by atoms with Gasteiger partial charge in [-0.3, -0.25) is 4.79 Å². The molecular formula is C14H27NO2. The van der Waals surface area contributed by atoms with Crippen LogP contribution in [0, 0.1) is 17.8 Å². The van der Waals surface area contributed by atoms with E-state index in [1.807, 2.05) is 0 Å². The molecule has 1 rings (SSSR count). The van der Waals surface area contributed by atoms with Gasteiger partial charge in [0.15, 0.2) is 0 Å². The minimum Gasteiger partial charge on any atom is -0.481 e. The van der Waals surface area contributed by atoms with Crippen LogP contribution < -0.4 is 5.73 Å². The van der Waals surface area contributed by atoms with Crippen molar-refractivity contribution in [2.24, 2.45) is 23.5 Å². The Bertz CT molecular complexity index is 236. The molecule has 17 heavy (non-hydrogen) atoms. The standard InChI is InChI=1S/C14H27NO2/c1-10(7-8-12-5-3-4-6-12)9-13(15)11(2)14(16)17/h10-13H,3-9,15H2,1-2H3,(H,16,17)/t10-,11?,13+/m1/s1. The number of carboxylic acid groups (broad SMARTS) is 1. The van der Waals surface area contributed by atoms with Gasteiger partial charge >= 0.3 is 5.97 Å². The van der Waals surface area contributed by atoms with Crippen molar-refractivity contribution in [2.75, 3.05) is 0 Å². The lowest BCUT2D eigenvalue weighted by atomic mass is 9.88. The summed E-state index contributed by atoms with van der Waals surface area (Å²) in [5, 5.41) is 8.89. The van der Waals surface area contributed by atoms with Crippen LogP contribution in [0.5, 0.6) is 0 Å². The fourth-order valence-corrected chi connectivity index (χ4v) is 2.79. The van der Waals surface area contributed by atoms with Crippen molar-refractivity contribution in [1.29, 1.82) is 0 Å². The molecule has 1 unspecified atom stereocenters. The maximum atomic E-state index is 10.8. The monoisotopic (exact) mass is 241 g/mol. The molecule has 0 aliphatic heterocycles. The van der Waals surface area contributed by atoms with Crippen LogP contribution in [0.15, 0.2) is 0 Å². The molecule has 1 saturated carbocycles. The molecule has 1 fully saturated rings. The summed E-state index contributed by atoms with van der Waals surface area (Å²) in [4.78, 5) is 10.8. The lowest BCUT2D eigenvalue weighted by Crippen LogP contribution is -2.35. The van der Waals surface area contributed by atoms with Gasteiger partial charge in [-0.25, -0.2) is 0 Å². The molecule has 0 radical (unpaired) electrons. The van der Waals surface area contributed by atoms with Crippen molar-refractivity contribution >= 4 is 5.97 Å². The molecule has 3 atom stereocenters. The molecule has 0 bridgehead atoms. The largest absolute Gasteiger partial charge is 0.481 e. The highest BCUT2D eigenvalue weighted by molar-refractivity contribution is 5.70. The predicted octanol–water partition coefficient (Wildman–Crippen LogP) is 3.03. The lowest BCUT2D eigenvalue weighted by Gasteiger charge is -2.21. The fourth-order valence-electron chi connectivity index (χ4n) is 2.79. The summed E-state index contributed by atoms with van der Waals surface area (Å²) in [6.45, 7) is 3.90. The number of carboxylic acids is 1. The van der Waals surface area contributed by atoms with Gasteiger partial charge in [-0.15, -0.1) is 0 Å². The van der Waals surface area contributed by atoms with Crippen LogP contribution in [0.2, 0.25) is 0 Å². The molecule has 0 aromatic carbocycles. The van der Waals surface area contributed by atoms with Crippen LogP contribution >= 0.6 is 0 Å². The molecule has 1 aliphatic rings. The number of carbonyl (C=O) groups is 1. The second kappa shape index (κ2) is 7.00. The third-order valence-electron chi connectivity index (χ3n) is 4.25. The first-order chi connectivity index (χ1) is 8.00. The summed E-state index contributed by atoms with van der Waals surface area (Å²) in [5.41, 5.74) is 5.92. The number of nitrogens with two attached hydrogens (primary N) is 1. The van der Waals surface area contributed by atoms with Crippen LogP contribution in [0.25, 0.3) is 0 Å². The van der Waals surface area contributed by atoms with Crippen LogP contribution in [-0.4, -0.2) is 17.1 Å². The predicted molar refractivity (Wildman–Crippen MR) is 69.7 cm³/mol. The van der Waals surface area contributed by atoms with Crippen LogP contribution in [0.4, 0.5) is 0 Å². The molecule has 0 aromatic heterocycles. The van der Waals surface area contributed by atoms with Crippen molar-refractivity contribution in [3.63, 3.8) is 0 Å². The Morgan fingerprint density at radius 2 is 1.94 bits per heavy atom. The highest BCUT2D eigenvalue weighted by Gasteiger charge is 2.22. The summed E-state index contributed by atoms with van der Waals surface area (Å²) >= 11 is 0. The molecule has 0 saturated heterocycles. The molecule has 100 valence electrons. The topological polar surface area (TPSA) is 63.3 Å². The van der Waals surface area contributed by atoms with Crippen molar-refractivity contribution in [2.45, 2.75) is 64.8 Å². The molecule has 0 spiro atoms. The van der Waals surface area contributed by atoms with Gasteiger partial charge in [-0.1, -0.05) is 52.4 Å². The number of rotatable bonds is 7.